The van der Waals surface area contributed by atoms with Crippen molar-refractivity contribution in [3.8, 4) is 0 Å². The lowest BCUT2D eigenvalue weighted by Crippen LogP contribution is -2.15. The van der Waals surface area contributed by atoms with Gasteiger partial charge in [-0.15, -0.1) is 0 Å². The number of hydrogen-bond acceptors (Lipinski definition) is 2. The molecule has 0 unspecified atom stereocenters. The maximum atomic E-state index is 12.0. The highest BCUT2D eigenvalue weighted by molar-refractivity contribution is 6.30. The Morgan fingerprint density at radius 1 is 1.27 bits per heavy atom. The van der Waals surface area contributed by atoms with Gasteiger partial charge in [0.2, 0.25) is 5.91 Å². The first-order chi connectivity index (χ1) is 10.6. The summed E-state index contributed by atoms with van der Waals surface area (Å²) < 4.78 is 1.88. The van der Waals surface area contributed by atoms with Crippen molar-refractivity contribution >= 4 is 34.1 Å². The van der Waals surface area contributed by atoms with Gasteiger partial charge in [0.1, 0.15) is 0 Å². The number of hydrogen-bond donors (Lipinski definition) is 1. The molecule has 0 aliphatic carbocycles. The summed E-state index contributed by atoms with van der Waals surface area (Å²) in [6.45, 7) is 2.59. The van der Waals surface area contributed by atoms with Crippen molar-refractivity contribution in [2.45, 2.75) is 19.9 Å². The molecule has 1 N–H and O–H groups in total. The van der Waals surface area contributed by atoms with E-state index in [1.54, 1.807) is 12.1 Å². The average Bonchev–Trinajstić information content (AvgIpc) is 2.90. The molecule has 1 heterocycles. The van der Waals surface area contributed by atoms with Gasteiger partial charge in [0.05, 0.1) is 18.3 Å². The van der Waals surface area contributed by atoms with Crippen molar-refractivity contribution < 1.29 is 4.79 Å². The van der Waals surface area contributed by atoms with Crippen molar-refractivity contribution in [1.82, 2.24) is 9.78 Å². The Balaban J connectivity index is 1.68. The molecule has 0 fully saturated rings. The molecular weight excluding hydrogens is 298 g/mol. The first-order valence-corrected chi connectivity index (χ1v) is 7.48. The van der Waals surface area contributed by atoms with E-state index in [1.165, 1.54) is 0 Å². The minimum absolute atomic E-state index is 0.0560. The summed E-state index contributed by atoms with van der Waals surface area (Å²) in [6, 6.07) is 13.2. The van der Waals surface area contributed by atoms with Crippen LogP contribution in [-0.4, -0.2) is 15.7 Å². The van der Waals surface area contributed by atoms with E-state index in [4.69, 9.17) is 11.6 Å². The van der Waals surface area contributed by atoms with Crippen molar-refractivity contribution in [1.29, 1.82) is 0 Å². The van der Waals surface area contributed by atoms with Gasteiger partial charge in [-0.05, 0) is 30.7 Å². The van der Waals surface area contributed by atoms with Crippen molar-refractivity contribution in [2.75, 3.05) is 5.32 Å². The number of fused-ring (bicyclic) bond motifs is 1. The molecule has 2 aromatic carbocycles. The molecule has 112 valence electrons. The summed E-state index contributed by atoms with van der Waals surface area (Å²) in [5, 5.41) is 8.90. The molecule has 22 heavy (non-hydrogen) atoms. The molecule has 1 aromatic heterocycles. The number of aromatic nitrogens is 2. The van der Waals surface area contributed by atoms with Crippen LogP contribution in [0.25, 0.3) is 10.9 Å². The van der Waals surface area contributed by atoms with Crippen LogP contribution in [0.15, 0.2) is 48.7 Å². The van der Waals surface area contributed by atoms with E-state index in [1.807, 2.05) is 48.1 Å². The van der Waals surface area contributed by atoms with Crippen LogP contribution in [0.1, 0.15) is 12.0 Å². The number of para-hydroxylation sites is 1. The largest absolute Gasteiger partial charge is 0.326 e. The zero-order valence-corrected chi connectivity index (χ0v) is 13.0. The molecule has 0 atom stereocenters. The fraction of sp³-hybridized carbons (Fsp3) is 0.176. The van der Waals surface area contributed by atoms with Gasteiger partial charge in [0.25, 0.3) is 0 Å². The summed E-state index contributed by atoms with van der Waals surface area (Å²) >= 11 is 5.90. The van der Waals surface area contributed by atoms with Crippen LogP contribution in [0.4, 0.5) is 5.69 Å². The second-order valence-corrected chi connectivity index (χ2v) is 5.63. The van der Waals surface area contributed by atoms with E-state index in [9.17, 15) is 4.79 Å². The first-order valence-electron chi connectivity index (χ1n) is 7.10. The van der Waals surface area contributed by atoms with Crippen LogP contribution in [0.5, 0.6) is 0 Å². The summed E-state index contributed by atoms with van der Waals surface area (Å²) in [6.07, 6.45) is 2.19. The predicted molar refractivity (Wildman–Crippen MR) is 89.2 cm³/mol. The van der Waals surface area contributed by atoms with Crippen LogP contribution in [0.2, 0.25) is 5.02 Å². The number of rotatable bonds is 4. The zero-order valence-electron chi connectivity index (χ0n) is 12.2. The smallest absolute Gasteiger partial charge is 0.226 e. The van der Waals surface area contributed by atoms with E-state index < -0.39 is 0 Å². The Bertz CT molecular complexity index is 826. The van der Waals surface area contributed by atoms with E-state index in [-0.39, 0.29) is 5.91 Å². The maximum absolute atomic E-state index is 12.0. The summed E-state index contributed by atoms with van der Waals surface area (Å²) in [5.41, 5.74) is 2.95. The van der Waals surface area contributed by atoms with Gasteiger partial charge in [0, 0.05) is 22.5 Å². The number of anilines is 1. The number of amides is 1. The molecule has 0 aliphatic heterocycles. The second-order valence-electron chi connectivity index (χ2n) is 5.19. The molecular formula is C17H16ClN3O. The van der Waals surface area contributed by atoms with Gasteiger partial charge in [-0.1, -0.05) is 35.9 Å². The zero-order chi connectivity index (χ0) is 15.5. The first kappa shape index (κ1) is 14.6. The molecule has 0 saturated heterocycles. The fourth-order valence-corrected chi connectivity index (χ4v) is 2.69. The second kappa shape index (κ2) is 6.20. The van der Waals surface area contributed by atoms with Crippen LogP contribution in [0.3, 0.4) is 0 Å². The van der Waals surface area contributed by atoms with E-state index >= 15 is 0 Å². The van der Waals surface area contributed by atoms with Gasteiger partial charge in [0.15, 0.2) is 0 Å². The third-order valence-electron chi connectivity index (χ3n) is 3.52. The number of nitrogens with zero attached hydrogens (tertiary/aromatic N) is 2. The highest BCUT2D eigenvalue weighted by Crippen LogP contribution is 2.18. The third-order valence-corrected chi connectivity index (χ3v) is 3.76. The number of nitrogens with one attached hydrogen (secondary N) is 1. The van der Waals surface area contributed by atoms with Crippen molar-refractivity contribution in [3.63, 3.8) is 0 Å². The van der Waals surface area contributed by atoms with Crippen LogP contribution >= 0.6 is 11.6 Å². The number of benzene rings is 2. The minimum Gasteiger partial charge on any atom is -0.326 e. The average molecular weight is 314 g/mol. The lowest BCUT2D eigenvalue weighted by Gasteiger charge is -2.07. The normalized spacial score (nSPS) is 10.8. The lowest BCUT2D eigenvalue weighted by molar-refractivity contribution is -0.116. The van der Waals surface area contributed by atoms with E-state index in [0.717, 1.165) is 16.5 Å². The molecule has 3 rings (SSSR count). The number of aryl methyl sites for hydroxylation is 2. The van der Waals surface area contributed by atoms with Gasteiger partial charge in [-0.25, -0.2) is 0 Å². The molecule has 1 amide bonds. The molecule has 0 bridgehead atoms. The fourth-order valence-electron chi connectivity index (χ4n) is 2.49. The van der Waals surface area contributed by atoms with Crippen LogP contribution in [0, 0.1) is 6.92 Å². The predicted octanol–water partition coefficient (Wildman–Crippen LogP) is 4.03. The number of halogens is 1. The Labute approximate surface area is 133 Å². The Morgan fingerprint density at radius 3 is 2.91 bits per heavy atom. The van der Waals surface area contributed by atoms with Gasteiger partial charge >= 0.3 is 0 Å². The third kappa shape index (κ3) is 3.12. The monoisotopic (exact) mass is 313 g/mol. The molecule has 3 aromatic rings. The molecule has 4 nitrogen and oxygen atoms in total. The topological polar surface area (TPSA) is 46.9 Å². The molecule has 0 aliphatic rings. The SMILES string of the molecule is Cc1cccc2cnn(CCC(=O)Nc3cccc(Cl)c3)c12. The van der Waals surface area contributed by atoms with Crippen LogP contribution < -0.4 is 5.32 Å². The van der Waals surface area contributed by atoms with Crippen molar-refractivity contribution in [2.24, 2.45) is 0 Å². The minimum atomic E-state index is -0.0560. The van der Waals surface area contributed by atoms with Crippen molar-refractivity contribution in [3.05, 3.63) is 59.2 Å². The Hall–Kier alpha value is -2.33. The quantitative estimate of drug-likeness (QED) is 0.790. The van der Waals surface area contributed by atoms with Gasteiger partial charge in [-0.2, -0.15) is 5.10 Å². The van der Waals surface area contributed by atoms with Gasteiger partial charge in [-0.3, -0.25) is 9.48 Å². The highest BCUT2D eigenvalue weighted by atomic mass is 35.5. The standard InChI is InChI=1S/C17H16ClN3O/c1-12-4-2-5-13-11-19-21(17(12)13)9-8-16(22)20-15-7-3-6-14(18)10-15/h2-7,10-11H,8-9H2,1H3,(H,20,22). The summed E-state index contributed by atoms with van der Waals surface area (Å²) in [7, 11) is 0. The molecule has 0 radical (unpaired) electrons. The lowest BCUT2D eigenvalue weighted by atomic mass is 10.2. The molecule has 5 heteroatoms. The van der Waals surface area contributed by atoms with E-state index in [0.29, 0.717) is 23.7 Å². The Morgan fingerprint density at radius 2 is 2.09 bits per heavy atom. The summed E-state index contributed by atoms with van der Waals surface area (Å²) in [4.78, 5) is 12.0. The van der Waals surface area contributed by atoms with E-state index in [2.05, 4.69) is 10.4 Å². The highest BCUT2D eigenvalue weighted by Gasteiger charge is 2.08. The summed E-state index contributed by atoms with van der Waals surface area (Å²) in [5.74, 6) is -0.0560. The molecule has 0 spiro atoms. The Kier molecular flexibility index (Phi) is 4.11. The number of carbonyl (C=O) groups excluding carboxylic acids is 1. The van der Waals surface area contributed by atoms with Gasteiger partial charge < -0.3 is 5.32 Å². The molecule has 0 saturated carbocycles. The maximum Gasteiger partial charge on any atom is 0.226 e. The number of carbonyl (C=O) groups is 1. The van der Waals surface area contributed by atoms with Crippen LogP contribution in [-0.2, 0) is 11.3 Å².